The first-order chi connectivity index (χ1) is 12.1. The van der Waals surface area contributed by atoms with Crippen LogP contribution in [0.4, 0.5) is 13.2 Å². The van der Waals surface area contributed by atoms with E-state index in [-0.39, 0.29) is 18.0 Å². The molecule has 0 radical (unpaired) electrons. The van der Waals surface area contributed by atoms with E-state index in [0.29, 0.717) is 36.4 Å². The first kappa shape index (κ1) is 18.7. The van der Waals surface area contributed by atoms with Crippen molar-refractivity contribution >= 4 is 11.6 Å². The van der Waals surface area contributed by atoms with Crippen LogP contribution >= 0.6 is 0 Å². The van der Waals surface area contributed by atoms with Gasteiger partial charge in [-0.2, -0.15) is 18.7 Å². The largest absolute Gasteiger partial charge is 0.483 e. The standard InChI is InChI=1S/C18H21F3N2O3/c1-17(2)13(10-22-25-3)16(23-8-4-5-15(23)24)12-9-11(18(19,20)21)6-7-14(12)26-17/h6-7,9,22H,4-5,8,10H2,1-3H3. The van der Waals surface area contributed by atoms with Crippen LogP contribution in [0.3, 0.4) is 0 Å². The average Bonchev–Trinajstić information content (AvgIpc) is 2.96. The van der Waals surface area contributed by atoms with Gasteiger partial charge in [-0.1, -0.05) is 0 Å². The van der Waals surface area contributed by atoms with E-state index < -0.39 is 17.3 Å². The molecular formula is C18H21F3N2O3. The number of rotatable bonds is 4. The summed E-state index contributed by atoms with van der Waals surface area (Å²) in [4.78, 5) is 18.9. The Balaban J connectivity index is 2.22. The molecule has 142 valence electrons. The fraction of sp³-hybridized carbons (Fsp3) is 0.500. The number of halogens is 3. The number of carbonyl (C=O) groups is 1. The minimum absolute atomic E-state index is 0.101. The van der Waals surface area contributed by atoms with Crippen LogP contribution in [0.1, 0.15) is 37.8 Å². The highest BCUT2D eigenvalue weighted by atomic mass is 19.4. The fourth-order valence-electron chi connectivity index (χ4n) is 3.40. The first-order valence-electron chi connectivity index (χ1n) is 8.35. The Bertz CT molecular complexity index is 757. The van der Waals surface area contributed by atoms with Crippen molar-refractivity contribution < 1.29 is 27.5 Å². The second-order valence-corrected chi connectivity index (χ2v) is 6.82. The Morgan fingerprint density at radius 2 is 2.08 bits per heavy atom. The number of likely N-dealkylation sites (tertiary alicyclic amines) is 1. The lowest BCUT2D eigenvalue weighted by molar-refractivity contribution is -0.137. The third kappa shape index (κ3) is 3.31. The average molecular weight is 370 g/mol. The van der Waals surface area contributed by atoms with E-state index in [9.17, 15) is 18.0 Å². The summed E-state index contributed by atoms with van der Waals surface area (Å²) in [5.74, 6) is 0.231. The van der Waals surface area contributed by atoms with Gasteiger partial charge in [-0.15, -0.1) is 0 Å². The zero-order valence-corrected chi connectivity index (χ0v) is 14.9. The maximum atomic E-state index is 13.2. The number of ether oxygens (including phenoxy) is 1. The summed E-state index contributed by atoms with van der Waals surface area (Å²) in [6.45, 7) is 4.33. The second-order valence-electron chi connectivity index (χ2n) is 6.82. The normalized spacial score (nSPS) is 19.6. The molecule has 1 amide bonds. The van der Waals surface area contributed by atoms with Crippen molar-refractivity contribution in [1.82, 2.24) is 10.4 Å². The number of carbonyl (C=O) groups excluding carboxylic acids is 1. The van der Waals surface area contributed by atoms with Gasteiger partial charge in [0, 0.05) is 30.6 Å². The van der Waals surface area contributed by atoms with E-state index in [1.165, 1.54) is 13.2 Å². The molecule has 0 unspecified atom stereocenters. The Labute approximate surface area is 149 Å². The molecule has 8 heteroatoms. The number of alkyl halides is 3. The lowest BCUT2D eigenvalue weighted by atomic mass is 9.88. The third-order valence-corrected chi connectivity index (χ3v) is 4.68. The van der Waals surface area contributed by atoms with Crippen LogP contribution < -0.4 is 10.2 Å². The maximum Gasteiger partial charge on any atom is 0.416 e. The topological polar surface area (TPSA) is 50.8 Å². The predicted molar refractivity (Wildman–Crippen MR) is 89.0 cm³/mol. The van der Waals surface area contributed by atoms with E-state index >= 15 is 0 Å². The summed E-state index contributed by atoms with van der Waals surface area (Å²) in [7, 11) is 1.45. The van der Waals surface area contributed by atoms with Crippen LogP contribution in [0, 0.1) is 0 Å². The summed E-state index contributed by atoms with van der Waals surface area (Å²) in [6, 6.07) is 3.37. The number of benzene rings is 1. The van der Waals surface area contributed by atoms with E-state index in [1.807, 2.05) is 13.8 Å². The van der Waals surface area contributed by atoms with Crippen LogP contribution in [0.15, 0.2) is 23.8 Å². The van der Waals surface area contributed by atoms with Crippen LogP contribution in [-0.4, -0.2) is 36.6 Å². The Morgan fingerprint density at radius 3 is 2.65 bits per heavy atom. The van der Waals surface area contributed by atoms with Gasteiger partial charge in [0.05, 0.1) is 18.4 Å². The maximum absolute atomic E-state index is 13.2. The monoisotopic (exact) mass is 370 g/mol. The third-order valence-electron chi connectivity index (χ3n) is 4.68. The number of hydroxylamine groups is 1. The van der Waals surface area contributed by atoms with E-state index in [1.54, 1.807) is 4.90 Å². The molecule has 2 aliphatic rings. The molecule has 2 heterocycles. The highest BCUT2D eigenvalue weighted by Gasteiger charge is 2.41. The minimum atomic E-state index is -4.48. The molecule has 0 aromatic heterocycles. The Hall–Kier alpha value is -2.06. The summed E-state index contributed by atoms with van der Waals surface area (Å²) in [6.07, 6.45) is -3.43. The summed E-state index contributed by atoms with van der Waals surface area (Å²) < 4.78 is 45.6. The second kappa shape index (κ2) is 6.59. The van der Waals surface area contributed by atoms with Gasteiger partial charge >= 0.3 is 6.18 Å². The molecule has 3 rings (SSSR count). The molecule has 0 saturated carbocycles. The van der Waals surface area contributed by atoms with Gasteiger partial charge in [-0.3, -0.25) is 4.79 Å². The molecule has 26 heavy (non-hydrogen) atoms. The van der Waals surface area contributed by atoms with Gasteiger partial charge in [0.1, 0.15) is 11.4 Å². The molecule has 1 aromatic rings. The first-order valence-corrected chi connectivity index (χ1v) is 8.35. The van der Waals surface area contributed by atoms with Gasteiger partial charge in [-0.25, -0.2) is 0 Å². The highest BCUT2D eigenvalue weighted by molar-refractivity contribution is 5.91. The lowest BCUT2D eigenvalue weighted by Gasteiger charge is -2.39. The molecule has 0 spiro atoms. The van der Waals surface area contributed by atoms with Crippen LogP contribution in [-0.2, 0) is 15.8 Å². The molecular weight excluding hydrogens is 349 g/mol. The number of nitrogens with zero attached hydrogens (tertiary/aromatic N) is 1. The Morgan fingerprint density at radius 1 is 1.35 bits per heavy atom. The summed E-state index contributed by atoms with van der Waals surface area (Å²) in [5.41, 5.74) is 2.56. The smallest absolute Gasteiger partial charge is 0.416 e. The van der Waals surface area contributed by atoms with Crippen molar-refractivity contribution in [2.75, 3.05) is 20.2 Å². The summed E-state index contributed by atoms with van der Waals surface area (Å²) in [5, 5.41) is 0. The van der Waals surface area contributed by atoms with Gasteiger partial charge in [0.25, 0.3) is 0 Å². The molecule has 1 saturated heterocycles. The number of amides is 1. The molecule has 1 aromatic carbocycles. The van der Waals surface area contributed by atoms with E-state index in [0.717, 1.165) is 12.1 Å². The van der Waals surface area contributed by atoms with Crippen molar-refractivity contribution in [3.05, 3.63) is 34.9 Å². The van der Waals surface area contributed by atoms with E-state index in [4.69, 9.17) is 9.57 Å². The SMILES string of the molecule is CONCC1=C(N2CCCC2=O)c2cc(C(F)(F)F)ccc2OC1(C)C. The zero-order valence-electron chi connectivity index (χ0n) is 14.9. The highest BCUT2D eigenvalue weighted by Crippen LogP contribution is 2.45. The van der Waals surface area contributed by atoms with Gasteiger partial charge < -0.3 is 14.5 Å². The van der Waals surface area contributed by atoms with Crippen molar-refractivity contribution in [3.8, 4) is 5.75 Å². The molecule has 1 fully saturated rings. The van der Waals surface area contributed by atoms with Crippen molar-refractivity contribution in [2.24, 2.45) is 0 Å². The summed E-state index contributed by atoms with van der Waals surface area (Å²) >= 11 is 0. The molecule has 0 aliphatic carbocycles. The van der Waals surface area contributed by atoms with Crippen molar-refractivity contribution in [1.29, 1.82) is 0 Å². The minimum Gasteiger partial charge on any atom is -0.483 e. The lowest BCUT2D eigenvalue weighted by Crippen LogP contribution is -2.42. The molecule has 5 nitrogen and oxygen atoms in total. The van der Waals surface area contributed by atoms with Crippen LogP contribution in [0.5, 0.6) is 5.75 Å². The zero-order chi connectivity index (χ0) is 19.1. The molecule has 0 bridgehead atoms. The number of nitrogens with one attached hydrogen (secondary N) is 1. The fourth-order valence-corrected chi connectivity index (χ4v) is 3.40. The predicted octanol–water partition coefficient (Wildman–Crippen LogP) is 3.36. The van der Waals surface area contributed by atoms with Gasteiger partial charge in [-0.05, 0) is 38.5 Å². The van der Waals surface area contributed by atoms with Gasteiger partial charge in [0.2, 0.25) is 5.91 Å². The molecule has 2 aliphatic heterocycles. The van der Waals surface area contributed by atoms with Crippen molar-refractivity contribution in [3.63, 3.8) is 0 Å². The number of fused-ring (bicyclic) bond motifs is 1. The number of hydrogen-bond acceptors (Lipinski definition) is 4. The van der Waals surface area contributed by atoms with Gasteiger partial charge in [0.15, 0.2) is 0 Å². The van der Waals surface area contributed by atoms with Crippen LogP contribution in [0.25, 0.3) is 5.70 Å². The van der Waals surface area contributed by atoms with E-state index in [2.05, 4.69) is 5.48 Å². The quantitative estimate of drug-likeness (QED) is 0.826. The molecule has 1 N–H and O–H groups in total. The van der Waals surface area contributed by atoms with Crippen molar-refractivity contribution in [2.45, 2.75) is 38.5 Å². The molecule has 0 atom stereocenters. The Kier molecular flexibility index (Phi) is 4.74. The van der Waals surface area contributed by atoms with Crippen LogP contribution in [0.2, 0.25) is 0 Å². The number of hydrogen-bond donors (Lipinski definition) is 1.